The van der Waals surface area contributed by atoms with Crippen LogP contribution in [0, 0.1) is 0 Å². The van der Waals surface area contributed by atoms with Gasteiger partial charge in [0, 0.05) is 35.0 Å². The Morgan fingerprint density at radius 3 is 2.33 bits per heavy atom. The van der Waals surface area contributed by atoms with Crippen molar-refractivity contribution in [2.75, 3.05) is 25.0 Å². The van der Waals surface area contributed by atoms with Gasteiger partial charge in [0.15, 0.2) is 0 Å². The van der Waals surface area contributed by atoms with E-state index in [2.05, 4.69) is 53.2 Å². The summed E-state index contributed by atoms with van der Waals surface area (Å²) >= 11 is 2.07. The van der Waals surface area contributed by atoms with Crippen LogP contribution >= 0.6 is 11.8 Å². The molecule has 1 saturated heterocycles. The van der Waals surface area contributed by atoms with E-state index in [4.69, 9.17) is 0 Å². The molecule has 2 fully saturated rings. The first kappa shape index (κ1) is 15.2. The van der Waals surface area contributed by atoms with Gasteiger partial charge in [-0.15, -0.1) is 11.8 Å². The standard InChI is InChI=1S/C18H28N2S/c1-2-20-13-11-16(12-14-20)19-15-7-9-18(10-8-15)21-17-5-3-4-6-17/h7-10,16-17,19H,2-6,11-14H2,1H3. The summed E-state index contributed by atoms with van der Waals surface area (Å²) < 4.78 is 0. The molecule has 1 N–H and O–H groups in total. The second-order valence-corrected chi connectivity index (χ2v) is 7.78. The highest BCUT2D eigenvalue weighted by atomic mass is 32.2. The van der Waals surface area contributed by atoms with Gasteiger partial charge in [-0.1, -0.05) is 19.8 Å². The van der Waals surface area contributed by atoms with Crippen LogP contribution in [0.3, 0.4) is 0 Å². The summed E-state index contributed by atoms with van der Waals surface area (Å²) in [5.74, 6) is 0. The predicted molar refractivity (Wildman–Crippen MR) is 93.3 cm³/mol. The van der Waals surface area contributed by atoms with Crippen molar-refractivity contribution in [3.05, 3.63) is 24.3 Å². The second-order valence-electron chi connectivity index (χ2n) is 6.40. The molecule has 0 atom stereocenters. The quantitative estimate of drug-likeness (QED) is 0.854. The predicted octanol–water partition coefficient (Wildman–Crippen LogP) is 4.62. The van der Waals surface area contributed by atoms with Crippen molar-refractivity contribution in [1.29, 1.82) is 0 Å². The average molecular weight is 305 g/mol. The van der Waals surface area contributed by atoms with E-state index in [1.54, 1.807) is 0 Å². The lowest BCUT2D eigenvalue weighted by molar-refractivity contribution is 0.229. The SMILES string of the molecule is CCN1CCC(Nc2ccc(SC3CCCC3)cc2)CC1. The summed E-state index contributed by atoms with van der Waals surface area (Å²) in [5, 5.41) is 4.57. The lowest BCUT2D eigenvalue weighted by atomic mass is 10.0. The molecule has 1 heterocycles. The van der Waals surface area contributed by atoms with Crippen molar-refractivity contribution >= 4 is 17.4 Å². The fraction of sp³-hybridized carbons (Fsp3) is 0.667. The van der Waals surface area contributed by atoms with Gasteiger partial charge in [-0.05, 0) is 56.5 Å². The van der Waals surface area contributed by atoms with Gasteiger partial charge < -0.3 is 10.2 Å². The van der Waals surface area contributed by atoms with Gasteiger partial charge in [0.25, 0.3) is 0 Å². The van der Waals surface area contributed by atoms with Crippen LogP contribution in [0.4, 0.5) is 5.69 Å². The molecule has 2 nitrogen and oxygen atoms in total. The zero-order valence-electron chi connectivity index (χ0n) is 13.2. The first-order chi connectivity index (χ1) is 10.3. The number of hydrogen-bond acceptors (Lipinski definition) is 3. The molecule has 0 aromatic heterocycles. The smallest absolute Gasteiger partial charge is 0.0343 e. The first-order valence-electron chi connectivity index (χ1n) is 8.59. The zero-order valence-corrected chi connectivity index (χ0v) is 14.0. The molecule has 0 spiro atoms. The summed E-state index contributed by atoms with van der Waals surface area (Å²) in [6.45, 7) is 5.93. The normalized spacial score (nSPS) is 21.8. The average Bonchev–Trinajstić information content (AvgIpc) is 3.03. The van der Waals surface area contributed by atoms with Crippen molar-refractivity contribution in [2.24, 2.45) is 0 Å². The van der Waals surface area contributed by atoms with Gasteiger partial charge in [-0.25, -0.2) is 0 Å². The van der Waals surface area contributed by atoms with Crippen LogP contribution in [0.15, 0.2) is 29.2 Å². The Kier molecular flexibility index (Phi) is 5.48. The molecule has 116 valence electrons. The largest absolute Gasteiger partial charge is 0.382 e. The lowest BCUT2D eigenvalue weighted by Crippen LogP contribution is -2.38. The number of nitrogens with zero attached hydrogens (tertiary/aromatic N) is 1. The van der Waals surface area contributed by atoms with Crippen molar-refractivity contribution in [3.8, 4) is 0 Å². The topological polar surface area (TPSA) is 15.3 Å². The monoisotopic (exact) mass is 304 g/mol. The van der Waals surface area contributed by atoms with Crippen LogP contribution in [-0.4, -0.2) is 35.8 Å². The molecular formula is C18H28N2S. The molecule has 0 unspecified atom stereocenters. The number of anilines is 1. The van der Waals surface area contributed by atoms with E-state index in [9.17, 15) is 0 Å². The van der Waals surface area contributed by atoms with Gasteiger partial charge in [0.2, 0.25) is 0 Å². The van der Waals surface area contributed by atoms with Crippen molar-refractivity contribution in [1.82, 2.24) is 4.90 Å². The van der Waals surface area contributed by atoms with Crippen molar-refractivity contribution < 1.29 is 0 Å². The van der Waals surface area contributed by atoms with E-state index >= 15 is 0 Å². The summed E-state index contributed by atoms with van der Waals surface area (Å²) in [4.78, 5) is 3.98. The van der Waals surface area contributed by atoms with Crippen LogP contribution in [-0.2, 0) is 0 Å². The molecule has 1 aromatic carbocycles. The van der Waals surface area contributed by atoms with E-state index in [-0.39, 0.29) is 0 Å². The third-order valence-corrected chi connectivity index (χ3v) is 6.21. The van der Waals surface area contributed by atoms with Gasteiger partial charge in [0.1, 0.15) is 0 Å². The van der Waals surface area contributed by atoms with Crippen LogP contribution in [0.5, 0.6) is 0 Å². The Balaban J connectivity index is 1.48. The summed E-state index contributed by atoms with van der Waals surface area (Å²) in [7, 11) is 0. The summed E-state index contributed by atoms with van der Waals surface area (Å²) in [6.07, 6.45) is 8.20. The van der Waals surface area contributed by atoms with Crippen LogP contribution in [0.1, 0.15) is 45.4 Å². The Morgan fingerprint density at radius 2 is 1.71 bits per heavy atom. The minimum Gasteiger partial charge on any atom is -0.382 e. The maximum absolute atomic E-state index is 3.71. The molecule has 2 aliphatic rings. The van der Waals surface area contributed by atoms with E-state index in [1.165, 1.54) is 68.7 Å². The van der Waals surface area contributed by atoms with Gasteiger partial charge in [-0.2, -0.15) is 0 Å². The molecule has 0 amide bonds. The molecule has 0 bridgehead atoms. The Bertz CT molecular complexity index is 417. The number of thioether (sulfide) groups is 1. The van der Waals surface area contributed by atoms with Crippen LogP contribution in [0.2, 0.25) is 0 Å². The molecule has 0 radical (unpaired) electrons. The van der Waals surface area contributed by atoms with E-state index in [0.29, 0.717) is 6.04 Å². The maximum atomic E-state index is 3.71. The number of hydrogen-bond donors (Lipinski definition) is 1. The third-order valence-electron chi connectivity index (χ3n) is 4.86. The number of piperidine rings is 1. The molecule has 3 heteroatoms. The summed E-state index contributed by atoms with van der Waals surface area (Å²) in [6, 6.07) is 9.78. The minimum absolute atomic E-state index is 0.654. The van der Waals surface area contributed by atoms with Crippen molar-refractivity contribution in [3.63, 3.8) is 0 Å². The molecule has 3 rings (SSSR count). The fourth-order valence-electron chi connectivity index (χ4n) is 3.46. The van der Waals surface area contributed by atoms with E-state index < -0.39 is 0 Å². The van der Waals surface area contributed by atoms with Gasteiger partial charge in [0.05, 0.1) is 0 Å². The van der Waals surface area contributed by atoms with Crippen LogP contribution < -0.4 is 5.32 Å². The Hall–Kier alpha value is -0.670. The molecule has 1 aliphatic heterocycles. The van der Waals surface area contributed by atoms with Crippen molar-refractivity contribution in [2.45, 2.75) is 61.6 Å². The maximum Gasteiger partial charge on any atom is 0.0343 e. The zero-order chi connectivity index (χ0) is 14.5. The Morgan fingerprint density at radius 1 is 1.05 bits per heavy atom. The van der Waals surface area contributed by atoms with Crippen LogP contribution in [0.25, 0.3) is 0 Å². The molecule has 1 aromatic rings. The summed E-state index contributed by atoms with van der Waals surface area (Å²) in [5.41, 5.74) is 1.29. The fourth-order valence-corrected chi connectivity index (χ4v) is 4.70. The minimum atomic E-state index is 0.654. The lowest BCUT2D eigenvalue weighted by Gasteiger charge is -2.32. The third kappa shape index (κ3) is 4.40. The number of rotatable bonds is 5. The van der Waals surface area contributed by atoms with Gasteiger partial charge >= 0.3 is 0 Å². The van der Waals surface area contributed by atoms with E-state index in [0.717, 1.165) is 5.25 Å². The molecular weight excluding hydrogens is 276 g/mol. The second kappa shape index (κ2) is 7.55. The highest BCUT2D eigenvalue weighted by Gasteiger charge is 2.18. The number of likely N-dealkylation sites (tertiary alicyclic amines) is 1. The number of nitrogens with one attached hydrogen (secondary N) is 1. The highest BCUT2D eigenvalue weighted by Crippen LogP contribution is 2.35. The molecule has 1 saturated carbocycles. The molecule has 21 heavy (non-hydrogen) atoms. The number of benzene rings is 1. The first-order valence-corrected chi connectivity index (χ1v) is 9.47. The highest BCUT2D eigenvalue weighted by molar-refractivity contribution is 8.00. The van der Waals surface area contributed by atoms with Gasteiger partial charge in [-0.3, -0.25) is 0 Å². The van der Waals surface area contributed by atoms with E-state index in [1.807, 2.05) is 0 Å². The Labute approximate surface area is 133 Å². The molecule has 1 aliphatic carbocycles.